The lowest BCUT2D eigenvalue weighted by Gasteiger charge is -2.23. The Labute approximate surface area is 159 Å². The number of hydrogen-bond acceptors (Lipinski definition) is 4. The van der Waals surface area contributed by atoms with Crippen LogP contribution in [0, 0.1) is 0 Å². The van der Waals surface area contributed by atoms with E-state index in [2.05, 4.69) is 29.6 Å². The molecule has 0 fully saturated rings. The first kappa shape index (κ1) is 20.0. The highest BCUT2D eigenvalue weighted by Crippen LogP contribution is 2.56. The summed E-state index contributed by atoms with van der Waals surface area (Å²) < 4.78 is 5.26. The fourth-order valence-electron chi connectivity index (χ4n) is 2.19. The minimum Gasteiger partial charge on any atom is -0.444 e. The van der Waals surface area contributed by atoms with Crippen LogP contribution in [0.4, 0.5) is 4.79 Å². The molecule has 25 heavy (non-hydrogen) atoms. The molecule has 0 heterocycles. The number of carbonyl (C=O) groups is 1. The van der Waals surface area contributed by atoms with Crippen LogP contribution < -0.4 is 15.9 Å². The first-order valence-electron chi connectivity index (χ1n) is 8.14. The zero-order chi connectivity index (χ0) is 18.3. The third-order valence-corrected chi connectivity index (χ3v) is 11.1. The van der Waals surface area contributed by atoms with E-state index in [-0.39, 0.29) is 6.09 Å². The van der Waals surface area contributed by atoms with E-state index in [0.29, 0.717) is 6.54 Å². The molecule has 0 spiro atoms. The number of amides is 1. The van der Waals surface area contributed by atoms with Crippen molar-refractivity contribution in [1.29, 1.82) is 0 Å². The molecule has 0 radical (unpaired) electrons. The molecule has 0 atom stereocenters. The molecule has 2 aromatic rings. The number of benzene rings is 2. The van der Waals surface area contributed by atoms with Crippen molar-refractivity contribution in [3.8, 4) is 0 Å². The largest absolute Gasteiger partial charge is 0.444 e. The Hall–Kier alpha value is -1.29. The lowest BCUT2D eigenvalue weighted by Crippen LogP contribution is -2.33. The molecule has 0 aliphatic carbocycles. The predicted molar refractivity (Wildman–Crippen MR) is 113 cm³/mol. The highest BCUT2D eigenvalue weighted by molar-refractivity contribution is 8.75. The van der Waals surface area contributed by atoms with Gasteiger partial charge in [0, 0.05) is 12.3 Å². The van der Waals surface area contributed by atoms with Crippen molar-refractivity contribution in [1.82, 2.24) is 5.32 Å². The van der Waals surface area contributed by atoms with Gasteiger partial charge in [0.05, 0.1) is 5.24 Å². The van der Waals surface area contributed by atoms with Gasteiger partial charge in [0.15, 0.2) is 0 Å². The Bertz CT molecular complexity index is 687. The van der Waals surface area contributed by atoms with E-state index in [1.165, 1.54) is 10.6 Å². The van der Waals surface area contributed by atoms with Gasteiger partial charge < -0.3 is 10.1 Å². The van der Waals surface area contributed by atoms with Crippen molar-refractivity contribution >= 4 is 45.1 Å². The van der Waals surface area contributed by atoms with E-state index in [1.54, 1.807) is 11.4 Å². The molecule has 0 saturated heterocycles. The molecule has 0 bridgehead atoms. The van der Waals surface area contributed by atoms with Crippen LogP contribution in [0.1, 0.15) is 20.8 Å². The standard InChI is InChI=1S/C19H24NO2PS2/c1-19(2,3)22-18(21)20-14-15-25-23(24,16-10-6-4-7-11-16)17-12-8-5-9-13-17/h4-13H,14-15H2,1-3H3,(H,20,21). The van der Waals surface area contributed by atoms with Crippen LogP contribution in [0.3, 0.4) is 0 Å². The van der Waals surface area contributed by atoms with E-state index in [4.69, 9.17) is 16.5 Å². The highest BCUT2D eigenvalue weighted by Gasteiger charge is 2.23. The summed E-state index contributed by atoms with van der Waals surface area (Å²) in [6, 6.07) is 20.5. The summed E-state index contributed by atoms with van der Waals surface area (Å²) in [6.45, 7) is 6.08. The van der Waals surface area contributed by atoms with Crippen molar-refractivity contribution < 1.29 is 9.53 Å². The van der Waals surface area contributed by atoms with Gasteiger partial charge in [0.2, 0.25) is 0 Å². The van der Waals surface area contributed by atoms with Crippen LogP contribution >= 0.6 is 16.6 Å². The molecule has 0 unspecified atom stereocenters. The molecule has 0 aromatic heterocycles. The number of nitrogens with one attached hydrogen (secondary N) is 1. The van der Waals surface area contributed by atoms with E-state index < -0.39 is 10.8 Å². The summed E-state index contributed by atoms with van der Waals surface area (Å²) in [7, 11) is 0. The van der Waals surface area contributed by atoms with Crippen molar-refractivity contribution in [3.63, 3.8) is 0 Å². The Morgan fingerprint density at radius 2 is 1.52 bits per heavy atom. The molecule has 1 N–H and O–H groups in total. The summed E-state index contributed by atoms with van der Waals surface area (Å²) >= 11 is 7.88. The van der Waals surface area contributed by atoms with Gasteiger partial charge in [-0.15, -0.1) is 11.4 Å². The zero-order valence-electron chi connectivity index (χ0n) is 14.8. The van der Waals surface area contributed by atoms with Gasteiger partial charge in [-0.05, 0) is 31.4 Å². The van der Waals surface area contributed by atoms with Gasteiger partial charge in [-0.25, -0.2) is 4.79 Å². The maximum Gasteiger partial charge on any atom is 0.407 e. The van der Waals surface area contributed by atoms with Crippen LogP contribution in [-0.2, 0) is 16.5 Å². The Kier molecular flexibility index (Phi) is 7.12. The van der Waals surface area contributed by atoms with Gasteiger partial charge in [-0.1, -0.05) is 72.5 Å². The monoisotopic (exact) mass is 393 g/mol. The Morgan fingerprint density at radius 3 is 1.96 bits per heavy atom. The normalized spacial score (nSPS) is 11.8. The molecule has 2 rings (SSSR count). The molecule has 3 nitrogen and oxygen atoms in total. The second kappa shape index (κ2) is 8.88. The quantitative estimate of drug-likeness (QED) is 0.587. The number of carbonyl (C=O) groups excluding carboxylic acids is 1. The van der Waals surface area contributed by atoms with Gasteiger partial charge in [-0.3, -0.25) is 0 Å². The fraction of sp³-hybridized carbons (Fsp3) is 0.316. The summed E-state index contributed by atoms with van der Waals surface area (Å²) in [5.74, 6) is 0.736. The third-order valence-electron chi connectivity index (χ3n) is 3.24. The van der Waals surface area contributed by atoms with Crippen LogP contribution in [0.2, 0.25) is 0 Å². The molecule has 0 aliphatic heterocycles. The SMILES string of the molecule is CC(C)(C)OC(=O)NCCSP(=S)(c1ccccc1)c1ccccc1. The van der Waals surface area contributed by atoms with E-state index >= 15 is 0 Å². The van der Waals surface area contributed by atoms with E-state index in [9.17, 15) is 4.79 Å². The van der Waals surface area contributed by atoms with Crippen molar-refractivity contribution in [2.45, 2.75) is 26.4 Å². The van der Waals surface area contributed by atoms with Crippen molar-refractivity contribution in [2.24, 2.45) is 0 Å². The first-order chi connectivity index (χ1) is 11.8. The van der Waals surface area contributed by atoms with Crippen molar-refractivity contribution in [2.75, 3.05) is 12.3 Å². The van der Waals surface area contributed by atoms with Crippen LogP contribution in [0.15, 0.2) is 60.7 Å². The Balaban J connectivity index is 2.04. The average molecular weight is 394 g/mol. The second-order valence-corrected chi connectivity index (χ2v) is 14.0. The smallest absolute Gasteiger partial charge is 0.407 e. The van der Waals surface area contributed by atoms with E-state index in [1.807, 2.05) is 57.2 Å². The topological polar surface area (TPSA) is 38.3 Å². The van der Waals surface area contributed by atoms with Gasteiger partial charge >= 0.3 is 6.09 Å². The van der Waals surface area contributed by atoms with Gasteiger partial charge in [0.25, 0.3) is 0 Å². The van der Waals surface area contributed by atoms with Gasteiger partial charge in [-0.2, -0.15) is 0 Å². The maximum absolute atomic E-state index is 11.8. The molecular weight excluding hydrogens is 369 g/mol. The van der Waals surface area contributed by atoms with Crippen LogP contribution in [-0.4, -0.2) is 24.0 Å². The molecule has 0 aliphatic rings. The van der Waals surface area contributed by atoms with E-state index in [0.717, 1.165) is 5.75 Å². The molecular formula is C19H24NO2PS2. The number of ether oxygens (including phenoxy) is 1. The first-order valence-corrected chi connectivity index (χ1v) is 12.5. The lowest BCUT2D eigenvalue weighted by molar-refractivity contribution is 0.0531. The lowest BCUT2D eigenvalue weighted by atomic mass is 10.2. The highest BCUT2D eigenvalue weighted by atomic mass is 32.9. The van der Waals surface area contributed by atoms with Crippen LogP contribution in [0.25, 0.3) is 0 Å². The summed E-state index contributed by atoms with van der Waals surface area (Å²) in [5.41, 5.74) is -0.486. The molecule has 6 heteroatoms. The maximum atomic E-state index is 11.8. The summed E-state index contributed by atoms with van der Waals surface area (Å²) in [6.07, 6.45) is -0.388. The van der Waals surface area contributed by atoms with Crippen molar-refractivity contribution in [3.05, 3.63) is 60.7 Å². The molecule has 2 aromatic carbocycles. The molecule has 134 valence electrons. The average Bonchev–Trinajstić information content (AvgIpc) is 2.58. The zero-order valence-corrected chi connectivity index (χ0v) is 17.3. The molecule has 1 amide bonds. The minimum atomic E-state index is -1.97. The second-order valence-electron chi connectivity index (χ2n) is 6.48. The minimum absolute atomic E-state index is 0.388. The number of alkyl carbamates (subject to hydrolysis) is 1. The number of rotatable bonds is 6. The summed E-state index contributed by atoms with van der Waals surface area (Å²) in [5, 5.41) is 3.20. The van der Waals surface area contributed by atoms with Gasteiger partial charge in [0.1, 0.15) is 5.60 Å². The molecule has 0 saturated carbocycles. The summed E-state index contributed by atoms with van der Waals surface area (Å²) in [4.78, 5) is 11.8. The Morgan fingerprint density at radius 1 is 1.04 bits per heavy atom. The van der Waals surface area contributed by atoms with Crippen LogP contribution in [0.5, 0.6) is 0 Å². The predicted octanol–water partition coefficient (Wildman–Crippen LogP) is 4.29. The third kappa shape index (κ3) is 6.18. The number of hydrogen-bond donors (Lipinski definition) is 1. The fourth-order valence-corrected chi connectivity index (χ4v) is 8.44.